The number of hydrogen-bond acceptors (Lipinski definition) is 7. The first-order valence-electron chi connectivity index (χ1n) is 11.7. The maximum atomic E-state index is 14.4. The number of carbonyl (C=O) groups is 1. The molecule has 1 fully saturated rings. The maximum Gasteiger partial charge on any atom is 0.263 e. The SMILES string of the molecule is NC(=S)C1=C(NCc2ccncc2OCC2COCCO2)CCN(c2cccc(F)c2CC(F)F)C1=O. The molecule has 0 bridgehead atoms. The fraction of sp³-hybridized carbons (Fsp3) is 0.400. The number of hydrogen-bond donors (Lipinski definition) is 2. The molecule has 1 unspecified atom stereocenters. The zero-order chi connectivity index (χ0) is 26.4. The molecule has 1 amide bonds. The van der Waals surface area contributed by atoms with Crippen molar-refractivity contribution >= 4 is 28.8 Å². The van der Waals surface area contributed by atoms with E-state index in [9.17, 15) is 18.0 Å². The van der Waals surface area contributed by atoms with Gasteiger partial charge >= 0.3 is 0 Å². The van der Waals surface area contributed by atoms with E-state index in [-0.39, 0.29) is 41.0 Å². The standard InChI is InChI=1S/C25H27F3N4O4S/c26-18-2-1-3-20(17(18)10-22(27)28)32-7-5-19(23(24(29)37)25(32)33)31-11-15-4-6-30-12-21(15)36-14-16-13-34-8-9-35-16/h1-4,6,12,16,22,31H,5,7-11,13-14H2,(H2,29,37). The second-order valence-electron chi connectivity index (χ2n) is 8.47. The normalized spacial score (nSPS) is 18.3. The van der Waals surface area contributed by atoms with E-state index in [1.807, 2.05) is 0 Å². The van der Waals surface area contributed by atoms with Crippen molar-refractivity contribution in [3.05, 3.63) is 64.9 Å². The van der Waals surface area contributed by atoms with Gasteiger partial charge in [-0.05, 0) is 18.2 Å². The molecule has 2 aromatic rings. The number of benzene rings is 1. The number of rotatable bonds is 10. The summed E-state index contributed by atoms with van der Waals surface area (Å²) in [4.78, 5) is 18.6. The van der Waals surface area contributed by atoms with Crippen molar-refractivity contribution < 1.29 is 32.2 Å². The van der Waals surface area contributed by atoms with E-state index >= 15 is 0 Å². The van der Waals surface area contributed by atoms with Gasteiger partial charge in [-0.2, -0.15) is 0 Å². The van der Waals surface area contributed by atoms with Crippen LogP contribution in [0.2, 0.25) is 0 Å². The van der Waals surface area contributed by atoms with Crippen LogP contribution in [0.25, 0.3) is 0 Å². The van der Waals surface area contributed by atoms with Crippen LogP contribution >= 0.6 is 12.2 Å². The summed E-state index contributed by atoms with van der Waals surface area (Å²) in [6.45, 7) is 2.22. The third kappa shape index (κ3) is 6.56. The molecule has 1 aromatic carbocycles. The third-order valence-electron chi connectivity index (χ3n) is 6.01. The fourth-order valence-electron chi connectivity index (χ4n) is 4.23. The van der Waals surface area contributed by atoms with Crippen molar-refractivity contribution in [2.24, 2.45) is 5.73 Å². The Morgan fingerprint density at radius 3 is 2.89 bits per heavy atom. The molecule has 0 spiro atoms. The van der Waals surface area contributed by atoms with Crippen LogP contribution in [0, 0.1) is 5.82 Å². The Balaban J connectivity index is 1.51. The van der Waals surface area contributed by atoms with Gasteiger partial charge in [0.05, 0.1) is 37.3 Å². The average molecular weight is 537 g/mol. The first-order chi connectivity index (χ1) is 17.8. The first kappa shape index (κ1) is 26.8. The second-order valence-corrected chi connectivity index (χ2v) is 8.91. The summed E-state index contributed by atoms with van der Waals surface area (Å²) in [5, 5.41) is 3.22. The van der Waals surface area contributed by atoms with E-state index in [2.05, 4.69) is 10.3 Å². The second kappa shape index (κ2) is 12.3. The molecule has 2 aliphatic rings. The maximum absolute atomic E-state index is 14.4. The number of thiocarbonyl (C=S) groups is 1. The molecule has 3 N–H and O–H groups in total. The van der Waals surface area contributed by atoms with Gasteiger partial charge in [0.1, 0.15) is 29.3 Å². The van der Waals surface area contributed by atoms with E-state index in [4.69, 9.17) is 32.2 Å². The van der Waals surface area contributed by atoms with Crippen molar-refractivity contribution in [1.82, 2.24) is 10.3 Å². The minimum absolute atomic E-state index is 0.0535. The molecule has 4 rings (SSSR count). The molecule has 198 valence electrons. The number of alkyl halides is 2. The van der Waals surface area contributed by atoms with Crippen LogP contribution in [-0.4, -0.2) is 61.4 Å². The van der Waals surface area contributed by atoms with Crippen LogP contribution in [0.15, 0.2) is 47.9 Å². The quantitative estimate of drug-likeness (QED) is 0.448. The van der Waals surface area contributed by atoms with Crippen LogP contribution in [0.1, 0.15) is 17.5 Å². The lowest BCUT2D eigenvalue weighted by molar-refractivity contribution is -0.115. The third-order valence-corrected chi connectivity index (χ3v) is 6.21. The number of nitrogens with two attached hydrogens (primary N) is 1. The largest absolute Gasteiger partial charge is 0.489 e. The van der Waals surface area contributed by atoms with Gasteiger partial charge in [-0.25, -0.2) is 13.2 Å². The minimum atomic E-state index is -2.77. The van der Waals surface area contributed by atoms with E-state index in [1.165, 1.54) is 17.0 Å². The zero-order valence-corrected chi connectivity index (χ0v) is 20.7. The molecule has 37 heavy (non-hydrogen) atoms. The first-order valence-corrected chi connectivity index (χ1v) is 12.1. The number of amides is 1. The van der Waals surface area contributed by atoms with Crippen LogP contribution in [0.5, 0.6) is 5.75 Å². The molecule has 8 nitrogen and oxygen atoms in total. The number of nitrogens with one attached hydrogen (secondary N) is 1. The number of aromatic nitrogens is 1. The summed E-state index contributed by atoms with van der Waals surface area (Å²) >= 11 is 5.15. The summed E-state index contributed by atoms with van der Waals surface area (Å²) in [7, 11) is 0. The summed E-state index contributed by atoms with van der Waals surface area (Å²) in [6.07, 6.45) is -0.254. The number of ether oxygens (including phenoxy) is 3. The van der Waals surface area contributed by atoms with Crippen LogP contribution in [0.4, 0.5) is 18.9 Å². The Morgan fingerprint density at radius 2 is 2.16 bits per heavy atom. The number of pyridine rings is 1. The Hall–Kier alpha value is -3.22. The predicted molar refractivity (Wildman–Crippen MR) is 134 cm³/mol. The minimum Gasteiger partial charge on any atom is -0.489 e. The average Bonchev–Trinajstić information content (AvgIpc) is 2.88. The molecule has 3 heterocycles. The highest BCUT2D eigenvalue weighted by Crippen LogP contribution is 2.31. The topological polar surface area (TPSA) is 98.9 Å². The van der Waals surface area contributed by atoms with E-state index < -0.39 is 24.6 Å². The zero-order valence-electron chi connectivity index (χ0n) is 19.9. The molecule has 2 aliphatic heterocycles. The molecule has 1 saturated heterocycles. The van der Waals surface area contributed by atoms with Crippen molar-refractivity contribution in [1.29, 1.82) is 0 Å². The number of nitrogens with zero attached hydrogens (tertiary/aromatic N) is 2. The Labute approximate surface area is 217 Å². The van der Waals surface area contributed by atoms with Gasteiger partial charge in [-0.3, -0.25) is 9.78 Å². The van der Waals surface area contributed by atoms with Gasteiger partial charge < -0.3 is 30.2 Å². The van der Waals surface area contributed by atoms with Crippen molar-refractivity contribution in [2.45, 2.75) is 31.9 Å². The molecule has 1 atom stereocenters. The number of halogens is 3. The van der Waals surface area contributed by atoms with Gasteiger partial charge in [0, 0.05) is 49.0 Å². The summed E-state index contributed by atoms with van der Waals surface area (Å²) in [5.74, 6) is -0.837. The molecular formula is C25H27F3N4O4S. The van der Waals surface area contributed by atoms with Gasteiger partial charge in [0.2, 0.25) is 6.43 Å². The summed E-state index contributed by atoms with van der Waals surface area (Å²) in [6, 6.07) is 5.69. The lowest BCUT2D eigenvalue weighted by atomic mass is 10.0. The fourth-order valence-corrected chi connectivity index (χ4v) is 4.44. The lowest BCUT2D eigenvalue weighted by Gasteiger charge is -2.32. The number of anilines is 1. The van der Waals surface area contributed by atoms with Crippen LogP contribution in [0.3, 0.4) is 0 Å². The van der Waals surface area contributed by atoms with E-state index in [0.29, 0.717) is 44.3 Å². The van der Waals surface area contributed by atoms with Crippen molar-refractivity contribution in [3.63, 3.8) is 0 Å². The van der Waals surface area contributed by atoms with Gasteiger partial charge in [0.25, 0.3) is 5.91 Å². The highest BCUT2D eigenvalue weighted by molar-refractivity contribution is 7.80. The van der Waals surface area contributed by atoms with Crippen LogP contribution in [-0.2, 0) is 27.2 Å². The van der Waals surface area contributed by atoms with Crippen molar-refractivity contribution in [3.8, 4) is 5.75 Å². The highest BCUT2D eigenvalue weighted by Gasteiger charge is 2.32. The Morgan fingerprint density at radius 1 is 1.32 bits per heavy atom. The van der Waals surface area contributed by atoms with Crippen LogP contribution < -0.4 is 20.7 Å². The molecule has 0 saturated carbocycles. The highest BCUT2D eigenvalue weighted by atomic mass is 32.1. The molecule has 12 heteroatoms. The van der Waals surface area contributed by atoms with E-state index in [0.717, 1.165) is 11.6 Å². The Bertz CT molecular complexity index is 1170. The molecular weight excluding hydrogens is 509 g/mol. The monoisotopic (exact) mass is 536 g/mol. The molecule has 1 aromatic heterocycles. The molecule has 0 aliphatic carbocycles. The van der Waals surface area contributed by atoms with Gasteiger partial charge in [-0.15, -0.1) is 0 Å². The summed E-state index contributed by atoms with van der Waals surface area (Å²) < 4.78 is 57.5. The number of carbonyl (C=O) groups excluding carboxylic acids is 1. The lowest BCUT2D eigenvalue weighted by Crippen LogP contribution is -2.43. The van der Waals surface area contributed by atoms with Gasteiger partial charge in [0.15, 0.2) is 0 Å². The van der Waals surface area contributed by atoms with E-state index in [1.54, 1.807) is 18.5 Å². The van der Waals surface area contributed by atoms with Crippen molar-refractivity contribution in [2.75, 3.05) is 37.9 Å². The molecule has 0 radical (unpaired) electrons. The predicted octanol–water partition coefficient (Wildman–Crippen LogP) is 2.89. The van der Waals surface area contributed by atoms with Gasteiger partial charge in [-0.1, -0.05) is 18.3 Å². The summed E-state index contributed by atoms with van der Waals surface area (Å²) in [5.41, 5.74) is 7.09. The smallest absolute Gasteiger partial charge is 0.263 e. The Kier molecular flexibility index (Phi) is 8.95.